The SMILES string of the molecule is O=Cc1ccccc1-c1cc(CN2CCN(C(c3ccc(F)cc3)c3ccc(F)cc3)CC2)on1. The predicted octanol–water partition coefficient (Wildman–Crippen LogP) is 5.34. The summed E-state index contributed by atoms with van der Waals surface area (Å²) in [6.45, 7) is 3.80. The molecule has 1 aliphatic rings. The van der Waals surface area contributed by atoms with Crippen molar-refractivity contribution in [3.8, 4) is 11.3 Å². The van der Waals surface area contributed by atoms with Crippen molar-refractivity contribution < 1.29 is 18.1 Å². The van der Waals surface area contributed by atoms with E-state index in [1.165, 1.54) is 24.3 Å². The monoisotopic (exact) mass is 473 g/mol. The molecule has 1 fully saturated rings. The van der Waals surface area contributed by atoms with Crippen LogP contribution < -0.4 is 0 Å². The highest BCUT2D eigenvalue weighted by Crippen LogP contribution is 2.30. The lowest BCUT2D eigenvalue weighted by Gasteiger charge is -2.39. The van der Waals surface area contributed by atoms with Crippen molar-refractivity contribution >= 4 is 6.29 Å². The molecule has 1 aromatic heterocycles. The quantitative estimate of drug-likeness (QED) is 0.339. The maximum atomic E-state index is 13.6. The Labute approximate surface area is 202 Å². The van der Waals surface area contributed by atoms with Crippen LogP contribution in [0.2, 0.25) is 0 Å². The first-order valence-corrected chi connectivity index (χ1v) is 11.6. The number of aldehydes is 1. The Morgan fingerprint density at radius 3 is 2.06 bits per heavy atom. The predicted molar refractivity (Wildman–Crippen MR) is 129 cm³/mol. The average Bonchev–Trinajstić information content (AvgIpc) is 3.35. The highest BCUT2D eigenvalue weighted by molar-refractivity contribution is 5.86. The van der Waals surface area contributed by atoms with Gasteiger partial charge in [0.2, 0.25) is 0 Å². The maximum Gasteiger partial charge on any atom is 0.151 e. The molecule has 35 heavy (non-hydrogen) atoms. The molecule has 0 unspecified atom stereocenters. The van der Waals surface area contributed by atoms with Gasteiger partial charge in [0.25, 0.3) is 0 Å². The fraction of sp³-hybridized carbons (Fsp3) is 0.214. The van der Waals surface area contributed by atoms with Crippen LogP contribution in [0, 0.1) is 11.6 Å². The smallest absolute Gasteiger partial charge is 0.151 e. The minimum absolute atomic E-state index is 0.0879. The number of piperazine rings is 1. The molecule has 178 valence electrons. The number of aromatic nitrogens is 1. The fourth-order valence-electron chi connectivity index (χ4n) is 4.65. The summed E-state index contributed by atoms with van der Waals surface area (Å²) in [5.74, 6) is 0.181. The Morgan fingerprint density at radius 2 is 1.46 bits per heavy atom. The Balaban J connectivity index is 1.28. The molecular formula is C28H25F2N3O2. The number of benzene rings is 3. The van der Waals surface area contributed by atoms with Crippen molar-refractivity contribution in [2.24, 2.45) is 0 Å². The van der Waals surface area contributed by atoms with E-state index in [0.717, 1.165) is 54.9 Å². The number of carbonyl (C=O) groups is 1. The van der Waals surface area contributed by atoms with Crippen molar-refractivity contribution in [3.05, 3.63) is 113 Å². The normalized spacial score (nSPS) is 14.9. The first-order valence-electron chi connectivity index (χ1n) is 11.6. The Kier molecular flexibility index (Phi) is 6.79. The lowest BCUT2D eigenvalue weighted by molar-refractivity contribution is 0.0979. The van der Waals surface area contributed by atoms with Crippen LogP contribution in [0.4, 0.5) is 8.78 Å². The van der Waals surface area contributed by atoms with Crippen LogP contribution in [0.3, 0.4) is 0 Å². The summed E-state index contributed by atoms with van der Waals surface area (Å²) in [6, 6.07) is 22.1. The van der Waals surface area contributed by atoms with Crippen LogP contribution in [0.25, 0.3) is 11.3 Å². The average molecular weight is 474 g/mol. The zero-order valence-corrected chi connectivity index (χ0v) is 19.1. The molecule has 0 aliphatic carbocycles. The third-order valence-electron chi connectivity index (χ3n) is 6.45. The summed E-state index contributed by atoms with van der Waals surface area (Å²) in [4.78, 5) is 16.0. The van der Waals surface area contributed by atoms with Crippen LogP contribution in [0.1, 0.15) is 33.3 Å². The molecule has 5 nitrogen and oxygen atoms in total. The van der Waals surface area contributed by atoms with Gasteiger partial charge in [-0.2, -0.15) is 0 Å². The van der Waals surface area contributed by atoms with Gasteiger partial charge in [-0.15, -0.1) is 0 Å². The second kappa shape index (κ2) is 10.3. The fourth-order valence-corrected chi connectivity index (χ4v) is 4.65. The third kappa shape index (κ3) is 5.21. The van der Waals surface area contributed by atoms with Gasteiger partial charge in [-0.1, -0.05) is 53.7 Å². The Bertz CT molecular complexity index is 1230. The largest absolute Gasteiger partial charge is 0.359 e. The van der Waals surface area contributed by atoms with Gasteiger partial charge in [0.05, 0.1) is 12.6 Å². The second-order valence-electron chi connectivity index (χ2n) is 8.70. The molecule has 7 heteroatoms. The van der Waals surface area contributed by atoms with Crippen LogP contribution in [-0.2, 0) is 6.54 Å². The number of rotatable bonds is 7. The lowest BCUT2D eigenvalue weighted by Crippen LogP contribution is -2.47. The van der Waals surface area contributed by atoms with Crippen LogP contribution in [0.15, 0.2) is 83.4 Å². The molecule has 1 aliphatic heterocycles. The lowest BCUT2D eigenvalue weighted by atomic mass is 9.96. The van der Waals surface area contributed by atoms with Crippen molar-refractivity contribution in [2.45, 2.75) is 12.6 Å². The maximum absolute atomic E-state index is 13.6. The second-order valence-corrected chi connectivity index (χ2v) is 8.70. The molecule has 4 aromatic rings. The van der Waals surface area contributed by atoms with Gasteiger partial charge >= 0.3 is 0 Å². The summed E-state index contributed by atoms with van der Waals surface area (Å²) in [5.41, 5.74) is 3.92. The van der Waals surface area contributed by atoms with Crippen molar-refractivity contribution in [1.82, 2.24) is 15.0 Å². The topological polar surface area (TPSA) is 49.6 Å². The van der Waals surface area contributed by atoms with Gasteiger partial charge in [0.1, 0.15) is 17.3 Å². The van der Waals surface area contributed by atoms with E-state index >= 15 is 0 Å². The van der Waals surface area contributed by atoms with Crippen molar-refractivity contribution in [3.63, 3.8) is 0 Å². The van der Waals surface area contributed by atoms with Crippen LogP contribution >= 0.6 is 0 Å². The van der Waals surface area contributed by atoms with Gasteiger partial charge in [-0.25, -0.2) is 8.78 Å². The van der Waals surface area contributed by atoms with Gasteiger partial charge < -0.3 is 4.52 Å². The van der Waals surface area contributed by atoms with E-state index in [-0.39, 0.29) is 17.7 Å². The molecule has 0 amide bonds. The van der Waals surface area contributed by atoms with Crippen molar-refractivity contribution in [2.75, 3.05) is 26.2 Å². The van der Waals surface area contributed by atoms with Crippen molar-refractivity contribution in [1.29, 1.82) is 0 Å². The number of carbonyl (C=O) groups excluding carboxylic acids is 1. The van der Waals surface area contributed by atoms with E-state index in [0.29, 0.717) is 17.8 Å². The zero-order chi connectivity index (χ0) is 24.2. The molecule has 0 radical (unpaired) electrons. The Hall–Kier alpha value is -3.68. The Morgan fingerprint density at radius 1 is 0.857 bits per heavy atom. The molecule has 0 saturated carbocycles. The number of halogens is 2. The van der Waals surface area contributed by atoms with E-state index in [1.54, 1.807) is 30.3 Å². The summed E-state index contributed by atoms with van der Waals surface area (Å²) in [7, 11) is 0. The summed E-state index contributed by atoms with van der Waals surface area (Å²) in [6.07, 6.45) is 0.821. The number of hydrogen-bond acceptors (Lipinski definition) is 5. The van der Waals surface area contributed by atoms with E-state index in [9.17, 15) is 13.6 Å². The van der Waals surface area contributed by atoms with E-state index < -0.39 is 0 Å². The van der Waals surface area contributed by atoms with Crippen LogP contribution in [-0.4, -0.2) is 47.4 Å². The number of nitrogens with zero attached hydrogens (tertiary/aromatic N) is 3. The molecule has 0 N–H and O–H groups in total. The molecule has 0 atom stereocenters. The molecule has 0 spiro atoms. The van der Waals surface area contributed by atoms with Gasteiger partial charge in [0.15, 0.2) is 12.0 Å². The summed E-state index contributed by atoms with van der Waals surface area (Å²) < 4.78 is 32.7. The number of hydrogen-bond donors (Lipinski definition) is 0. The standard InChI is InChI=1S/C28H25F2N3O2/c29-23-9-5-20(6-10-23)28(21-7-11-24(30)12-8-21)33-15-13-32(14-16-33)18-25-17-27(31-35-25)26-4-2-1-3-22(26)19-34/h1-12,17,19,28H,13-16,18H2. The first kappa shape index (κ1) is 23.1. The van der Waals surface area contributed by atoms with Crippen LogP contribution in [0.5, 0.6) is 0 Å². The zero-order valence-electron chi connectivity index (χ0n) is 19.1. The summed E-state index contributed by atoms with van der Waals surface area (Å²) >= 11 is 0. The van der Waals surface area contributed by atoms with Gasteiger partial charge in [-0.05, 0) is 35.4 Å². The van der Waals surface area contributed by atoms with Gasteiger partial charge in [0, 0.05) is 43.4 Å². The highest BCUT2D eigenvalue weighted by Gasteiger charge is 2.27. The minimum Gasteiger partial charge on any atom is -0.359 e. The minimum atomic E-state index is -0.279. The highest BCUT2D eigenvalue weighted by atomic mass is 19.1. The molecular weight excluding hydrogens is 448 g/mol. The van der Waals surface area contributed by atoms with E-state index in [2.05, 4.69) is 15.0 Å². The molecule has 0 bridgehead atoms. The molecule has 5 rings (SSSR count). The van der Waals surface area contributed by atoms with E-state index in [4.69, 9.17) is 4.52 Å². The summed E-state index contributed by atoms with van der Waals surface area (Å²) in [5, 5.41) is 4.17. The molecule has 2 heterocycles. The third-order valence-corrected chi connectivity index (χ3v) is 6.45. The van der Waals surface area contributed by atoms with Gasteiger partial charge in [-0.3, -0.25) is 14.6 Å². The first-order chi connectivity index (χ1) is 17.1. The molecule has 1 saturated heterocycles. The van der Waals surface area contributed by atoms with E-state index in [1.807, 2.05) is 24.3 Å². The molecule has 3 aromatic carbocycles.